The number of carbonyl (C=O) groups is 1. The standard InChI is InChI=1S/C16H15N9OS/c1-24-20-16(19-22-24)12-4-2-3-5-13(12)18-15(26)8-14(11-6-7-27-9-11)25-10-17-21-23-25/h2-7,9-10,14H,8H2,1H3,(H,18,26). The summed E-state index contributed by atoms with van der Waals surface area (Å²) < 4.78 is 1.58. The number of tetrazole rings is 2. The van der Waals surface area contributed by atoms with Crippen LogP contribution in [-0.2, 0) is 11.8 Å². The fraction of sp³-hybridized carbons (Fsp3) is 0.188. The van der Waals surface area contributed by atoms with Crippen LogP contribution in [0.2, 0.25) is 0 Å². The fourth-order valence-corrected chi connectivity index (χ4v) is 3.40. The van der Waals surface area contributed by atoms with Gasteiger partial charge in [-0.3, -0.25) is 4.79 Å². The Balaban J connectivity index is 1.56. The van der Waals surface area contributed by atoms with E-state index >= 15 is 0 Å². The van der Waals surface area contributed by atoms with E-state index in [9.17, 15) is 4.79 Å². The molecule has 1 atom stereocenters. The van der Waals surface area contributed by atoms with E-state index in [1.54, 1.807) is 29.1 Å². The van der Waals surface area contributed by atoms with E-state index in [-0.39, 0.29) is 18.4 Å². The van der Waals surface area contributed by atoms with Gasteiger partial charge in [-0.05, 0) is 50.2 Å². The number of nitrogens with zero attached hydrogens (tertiary/aromatic N) is 8. The molecule has 3 aromatic heterocycles. The largest absolute Gasteiger partial charge is 0.325 e. The number of hydrogen-bond acceptors (Lipinski definition) is 8. The first-order chi connectivity index (χ1) is 13.2. The zero-order valence-corrected chi connectivity index (χ0v) is 15.1. The summed E-state index contributed by atoms with van der Waals surface area (Å²) in [5.41, 5.74) is 2.30. The topological polar surface area (TPSA) is 116 Å². The highest BCUT2D eigenvalue weighted by Crippen LogP contribution is 2.27. The monoisotopic (exact) mass is 381 g/mol. The van der Waals surface area contributed by atoms with Crippen molar-refractivity contribution in [1.82, 2.24) is 40.4 Å². The molecule has 136 valence electrons. The van der Waals surface area contributed by atoms with Crippen molar-refractivity contribution >= 4 is 22.9 Å². The van der Waals surface area contributed by atoms with Crippen molar-refractivity contribution < 1.29 is 4.79 Å². The molecular weight excluding hydrogens is 366 g/mol. The van der Waals surface area contributed by atoms with Gasteiger partial charge in [0.15, 0.2) is 0 Å². The van der Waals surface area contributed by atoms with E-state index in [2.05, 4.69) is 36.3 Å². The lowest BCUT2D eigenvalue weighted by atomic mass is 10.1. The van der Waals surface area contributed by atoms with Gasteiger partial charge in [0.25, 0.3) is 0 Å². The van der Waals surface area contributed by atoms with Gasteiger partial charge in [0.1, 0.15) is 6.33 Å². The van der Waals surface area contributed by atoms with Crippen LogP contribution in [0.3, 0.4) is 0 Å². The van der Waals surface area contributed by atoms with Crippen molar-refractivity contribution in [1.29, 1.82) is 0 Å². The van der Waals surface area contributed by atoms with Crippen molar-refractivity contribution in [2.45, 2.75) is 12.5 Å². The Hall–Kier alpha value is -3.47. The average molecular weight is 381 g/mol. The number of aryl methyl sites for hydroxylation is 1. The molecule has 10 nitrogen and oxygen atoms in total. The van der Waals surface area contributed by atoms with E-state index in [0.717, 1.165) is 5.56 Å². The summed E-state index contributed by atoms with van der Waals surface area (Å²) in [5.74, 6) is 0.279. The second-order valence-electron chi connectivity index (χ2n) is 5.76. The lowest BCUT2D eigenvalue weighted by Crippen LogP contribution is -2.21. The SMILES string of the molecule is Cn1nnc(-c2ccccc2NC(=O)CC(c2ccsc2)n2cnnn2)n1. The van der Waals surface area contributed by atoms with Gasteiger partial charge in [-0.1, -0.05) is 12.1 Å². The van der Waals surface area contributed by atoms with Crippen LogP contribution in [0.25, 0.3) is 11.4 Å². The second-order valence-corrected chi connectivity index (χ2v) is 6.54. The molecule has 11 heteroatoms. The van der Waals surface area contributed by atoms with E-state index in [1.807, 2.05) is 35.0 Å². The molecule has 0 aliphatic heterocycles. The number of rotatable bonds is 6. The van der Waals surface area contributed by atoms with Crippen molar-refractivity contribution in [2.24, 2.45) is 7.05 Å². The molecule has 1 amide bonds. The summed E-state index contributed by atoms with van der Waals surface area (Å²) in [5, 5.41) is 30.3. The first-order valence-corrected chi connectivity index (χ1v) is 9.03. The Bertz CT molecular complexity index is 992. The van der Waals surface area contributed by atoms with Crippen LogP contribution in [0.4, 0.5) is 5.69 Å². The molecule has 1 N–H and O–H groups in total. The molecule has 0 spiro atoms. The molecule has 0 fully saturated rings. The van der Waals surface area contributed by atoms with Crippen molar-refractivity contribution in [2.75, 3.05) is 5.32 Å². The molecule has 0 saturated carbocycles. The first kappa shape index (κ1) is 17.0. The van der Waals surface area contributed by atoms with E-state index in [4.69, 9.17) is 0 Å². The highest BCUT2D eigenvalue weighted by molar-refractivity contribution is 7.08. The number of para-hydroxylation sites is 1. The zero-order chi connectivity index (χ0) is 18.6. The lowest BCUT2D eigenvalue weighted by molar-refractivity contribution is -0.116. The quantitative estimate of drug-likeness (QED) is 0.538. The number of amides is 1. The molecule has 0 saturated heterocycles. The Morgan fingerprint density at radius 1 is 1.26 bits per heavy atom. The van der Waals surface area contributed by atoms with Gasteiger partial charge in [0, 0.05) is 5.56 Å². The highest BCUT2D eigenvalue weighted by Gasteiger charge is 2.21. The molecule has 0 radical (unpaired) electrons. The van der Waals surface area contributed by atoms with Gasteiger partial charge < -0.3 is 5.32 Å². The molecule has 27 heavy (non-hydrogen) atoms. The molecule has 1 aromatic carbocycles. The molecule has 0 bridgehead atoms. The maximum absolute atomic E-state index is 12.8. The summed E-state index contributed by atoms with van der Waals surface area (Å²) in [4.78, 5) is 14.1. The number of anilines is 1. The second kappa shape index (κ2) is 7.41. The van der Waals surface area contributed by atoms with Crippen LogP contribution in [-0.4, -0.2) is 46.3 Å². The van der Waals surface area contributed by atoms with Crippen molar-refractivity contribution in [3.8, 4) is 11.4 Å². The Morgan fingerprint density at radius 3 is 2.85 bits per heavy atom. The number of aromatic nitrogens is 8. The van der Waals surface area contributed by atoms with Crippen molar-refractivity contribution in [3.63, 3.8) is 0 Å². The minimum atomic E-state index is -0.284. The number of carbonyl (C=O) groups excluding carboxylic acids is 1. The Morgan fingerprint density at radius 2 is 2.15 bits per heavy atom. The van der Waals surface area contributed by atoms with Crippen LogP contribution in [0.15, 0.2) is 47.4 Å². The molecule has 0 aliphatic rings. The summed E-state index contributed by atoms with van der Waals surface area (Å²) >= 11 is 1.56. The van der Waals surface area contributed by atoms with Crippen LogP contribution in [0.5, 0.6) is 0 Å². The molecule has 4 aromatic rings. The maximum Gasteiger partial charge on any atom is 0.226 e. The van der Waals surface area contributed by atoms with Gasteiger partial charge in [-0.15, -0.1) is 15.3 Å². The number of nitrogens with one attached hydrogen (secondary N) is 1. The van der Waals surface area contributed by atoms with Crippen LogP contribution >= 0.6 is 11.3 Å². The van der Waals surface area contributed by atoms with Gasteiger partial charge in [-0.25, -0.2) is 4.68 Å². The Labute approximate surface area is 157 Å². The number of hydrogen-bond donors (Lipinski definition) is 1. The van der Waals surface area contributed by atoms with E-state index < -0.39 is 0 Å². The summed E-state index contributed by atoms with van der Waals surface area (Å²) in [7, 11) is 1.69. The smallest absolute Gasteiger partial charge is 0.226 e. The molecule has 1 unspecified atom stereocenters. The molecule has 4 rings (SSSR count). The number of thiophene rings is 1. The third-order valence-electron chi connectivity index (χ3n) is 3.94. The van der Waals surface area contributed by atoms with Gasteiger partial charge >= 0.3 is 0 Å². The summed E-state index contributed by atoms with van der Waals surface area (Å²) in [6.45, 7) is 0. The van der Waals surface area contributed by atoms with Gasteiger partial charge in [-0.2, -0.15) is 16.1 Å². The molecule has 3 heterocycles. The van der Waals surface area contributed by atoms with Gasteiger partial charge in [0.2, 0.25) is 11.7 Å². The summed E-state index contributed by atoms with van der Waals surface area (Å²) in [6, 6.07) is 9.02. The third kappa shape index (κ3) is 3.72. The van der Waals surface area contributed by atoms with E-state index in [1.165, 1.54) is 11.1 Å². The maximum atomic E-state index is 12.8. The minimum absolute atomic E-state index is 0.168. The minimum Gasteiger partial charge on any atom is -0.325 e. The van der Waals surface area contributed by atoms with Crippen LogP contribution < -0.4 is 5.32 Å². The predicted molar refractivity (Wildman–Crippen MR) is 97.8 cm³/mol. The average Bonchev–Trinajstić information content (AvgIpc) is 3.43. The van der Waals surface area contributed by atoms with Crippen LogP contribution in [0.1, 0.15) is 18.0 Å². The number of benzene rings is 1. The highest BCUT2D eigenvalue weighted by atomic mass is 32.1. The summed E-state index contributed by atoms with van der Waals surface area (Å²) in [6.07, 6.45) is 1.69. The Kier molecular flexibility index (Phi) is 4.66. The van der Waals surface area contributed by atoms with Gasteiger partial charge in [0.05, 0.1) is 25.2 Å². The molecular formula is C16H15N9OS. The fourth-order valence-electron chi connectivity index (χ4n) is 2.70. The van der Waals surface area contributed by atoms with Crippen LogP contribution in [0, 0.1) is 0 Å². The first-order valence-electron chi connectivity index (χ1n) is 8.08. The predicted octanol–water partition coefficient (Wildman–Crippen LogP) is 1.54. The molecule has 0 aliphatic carbocycles. The third-order valence-corrected chi connectivity index (χ3v) is 4.64. The van der Waals surface area contributed by atoms with Crippen molar-refractivity contribution in [3.05, 3.63) is 53.0 Å². The lowest BCUT2D eigenvalue weighted by Gasteiger charge is -2.15. The zero-order valence-electron chi connectivity index (χ0n) is 14.3. The normalized spacial score (nSPS) is 12.0. The van der Waals surface area contributed by atoms with E-state index in [0.29, 0.717) is 17.1 Å².